The highest BCUT2D eigenvalue weighted by Crippen LogP contribution is 2.39. The quantitative estimate of drug-likeness (QED) is 0.402. The van der Waals surface area contributed by atoms with Gasteiger partial charge in [0.2, 0.25) is 0 Å². The van der Waals surface area contributed by atoms with Crippen molar-refractivity contribution in [3.8, 4) is 5.75 Å². The van der Waals surface area contributed by atoms with Gasteiger partial charge in [-0.25, -0.2) is 0 Å². The van der Waals surface area contributed by atoms with Crippen LogP contribution in [-0.4, -0.2) is 13.7 Å². The molecule has 0 heterocycles. The van der Waals surface area contributed by atoms with Crippen LogP contribution in [-0.2, 0) is 11.3 Å². The van der Waals surface area contributed by atoms with Gasteiger partial charge in [0.25, 0.3) is 0 Å². The van der Waals surface area contributed by atoms with Crippen molar-refractivity contribution in [1.29, 1.82) is 0 Å². The molecule has 1 aromatic rings. The molecular weight excluding hydrogens is 310 g/mol. The van der Waals surface area contributed by atoms with Gasteiger partial charge in [-0.15, -0.1) is 6.58 Å². The van der Waals surface area contributed by atoms with Crippen molar-refractivity contribution in [3.63, 3.8) is 0 Å². The Bertz CT molecular complexity index is 508. The maximum Gasteiger partial charge on any atom is 0.387 e. The van der Waals surface area contributed by atoms with Crippen LogP contribution in [0.1, 0.15) is 62.0 Å². The summed E-state index contributed by atoms with van der Waals surface area (Å²) >= 11 is 0. The monoisotopic (exact) mass is 338 g/mol. The third kappa shape index (κ3) is 5.59. The number of rotatable bonds is 9. The van der Waals surface area contributed by atoms with Crippen molar-refractivity contribution < 1.29 is 18.3 Å². The summed E-state index contributed by atoms with van der Waals surface area (Å²) in [6.45, 7) is 1.24. The highest BCUT2D eigenvalue weighted by Gasteiger charge is 2.23. The van der Waals surface area contributed by atoms with Crippen LogP contribution in [0.2, 0.25) is 0 Å². The Morgan fingerprint density at radius 2 is 2.00 bits per heavy atom. The Morgan fingerprint density at radius 3 is 2.62 bits per heavy atom. The van der Waals surface area contributed by atoms with Gasteiger partial charge >= 0.3 is 6.61 Å². The summed E-state index contributed by atoms with van der Waals surface area (Å²) in [5.41, 5.74) is 1.77. The molecule has 0 saturated heterocycles. The van der Waals surface area contributed by atoms with Gasteiger partial charge in [0.05, 0.1) is 6.61 Å². The van der Waals surface area contributed by atoms with E-state index in [9.17, 15) is 8.78 Å². The van der Waals surface area contributed by atoms with Crippen molar-refractivity contribution in [2.75, 3.05) is 7.11 Å². The molecule has 1 aliphatic carbocycles. The van der Waals surface area contributed by atoms with Crippen molar-refractivity contribution in [1.82, 2.24) is 0 Å². The molecule has 1 aliphatic rings. The number of alkyl halides is 2. The molecule has 1 saturated carbocycles. The molecule has 0 bridgehead atoms. The Hall–Kier alpha value is -1.42. The molecule has 2 rings (SSSR count). The lowest BCUT2D eigenvalue weighted by Gasteiger charge is -2.29. The third-order valence-electron chi connectivity index (χ3n) is 4.95. The van der Waals surface area contributed by atoms with Gasteiger partial charge in [-0.1, -0.05) is 24.6 Å². The van der Waals surface area contributed by atoms with Gasteiger partial charge in [-0.05, 0) is 62.0 Å². The normalized spacial score (nSPS) is 21.0. The SMILES string of the molecule is C=CCCCC1CCC(c2ccc(COC)c(OC(F)F)c2)CC1. The third-order valence-corrected chi connectivity index (χ3v) is 4.95. The van der Waals surface area contributed by atoms with E-state index in [2.05, 4.69) is 6.58 Å². The zero-order valence-electron chi connectivity index (χ0n) is 14.5. The van der Waals surface area contributed by atoms with Gasteiger partial charge in [-0.2, -0.15) is 8.78 Å². The second kappa shape index (κ2) is 9.77. The van der Waals surface area contributed by atoms with Gasteiger partial charge in [-0.3, -0.25) is 0 Å². The van der Waals surface area contributed by atoms with Crippen LogP contribution in [0.25, 0.3) is 0 Å². The Morgan fingerprint density at radius 1 is 1.25 bits per heavy atom. The van der Waals surface area contributed by atoms with E-state index < -0.39 is 6.61 Å². The fraction of sp³-hybridized carbons (Fsp3) is 0.600. The highest BCUT2D eigenvalue weighted by molar-refractivity contribution is 5.39. The van der Waals surface area contributed by atoms with E-state index in [1.807, 2.05) is 18.2 Å². The first kappa shape index (κ1) is 18.9. The molecule has 2 nitrogen and oxygen atoms in total. The standard InChI is InChI=1S/C20H28F2O2/c1-3-4-5-6-15-7-9-16(10-8-15)17-11-12-18(14-23-2)19(13-17)24-20(21)22/h3,11-13,15-16,20H,1,4-10,14H2,2H3. The topological polar surface area (TPSA) is 18.5 Å². The molecule has 1 fully saturated rings. The largest absolute Gasteiger partial charge is 0.434 e. The van der Waals surface area contributed by atoms with E-state index in [0.717, 1.165) is 30.7 Å². The lowest BCUT2D eigenvalue weighted by molar-refractivity contribution is -0.0512. The molecule has 0 aliphatic heterocycles. The Labute approximate surface area is 143 Å². The first-order valence-electron chi connectivity index (χ1n) is 8.81. The minimum absolute atomic E-state index is 0.248. The van der Waals surface area contributed by atoms with Crippen molar-refractivity contribution in [3.05, 3.63) is 42.0 Å². The van der Waals surface area contributed by atoms with Crippen LogP contribution in [0, 0.1) is 5.92 Å². The molecule has 1 aromatic carbocycles. The molecule has 24 heavy (non-hydrogen) atoms. The predicted octanol–water partition coefficient (Wildman–Crippen LogP) is 6.06. The molecule has 0 amide bonds. The molecule has 0 radical (unpaired) electrons. The number of halogens is 2. The van der Waals surface area contributed by atoms with Gasteiger partial charge in [0.15, 0.2) is 0 Å². The fourth-order valence-electron chi connectivity index (χ4n) is 3.64. The molecule has 0 unspecified atom stereocenters. The van der Waals surface area contributed by atoms with E-state index in [1.54, 1.807) is 13.2 Å². The zero-order valence-corrected chi connectivity index (χ0v) is 14.5. The molecule has 4 heteroatoms. The second-order valence-corrected chi connectivity index (χ2v) is 6.62. The van der Waals surface area contributed by atoms with Gasteiger partial charge in [0, 0.05) is 12.7 Å². The molecule has 0 aromatic heterocycles. The van der Waals surface area contributed by atoms with Crippen LogP contribution in [0.4, 0.5) is 8.78 Å². The van der Waals surface area contributed by atoms with Crippen LogP contribution < -0.4 is 4.74 Å². The first-order chi connectivity index (χ1) is 11.6. The zero-order chi connectivity index (χ0) is 17.4. The molecule has 0 N–H and O–H groups in total. The van der Waals surface area contributed by atoms with Gasteiger partial charge in [0.1, 0.15) is 5.75 Å². The first-order valence-corrected chi connectivity index (χ1v) is 8.81. The number of hydrogen-bond donors (Lipinski definition) is 0. The summed E-state index contributed by atoms with van der Waals surface area (Å²) in [7, 11) is 1.55. The lowest BCUT2D eigenvalue weighted by atomic mass is 9.77. The van der Waals surface area contributed by atoms with E-state index in [1.165, 1.54) is 25.7 Å². The maximum atomic E-state index is 12.6. The summed E-state index contributed by atoms with van der Waals surface area (Å²) in [6, 6.07) is 5.67. The molecule has 0 atom stereocenters. The Balaban J connectivity index is 1.98. The summed E-state index contributed by atoms with van der Waals surface area (Å²) in [6.07, 6.45) is 10.2. The predicted molar refractivity (Wildman–Crippen MR) is 92.5 cm³/mol. The van der Waals surface area contributed by atoms with Crippen LogP contribution in [0.3, 0.4) is 0 Å². The smallest absolute Gasteiger partial charge is 0.387 e. The van der Waals surface area contributed by atoms with Crippen molar-refractivity contribution >= 4 is 0 Å². The number of ether oxygens (including phenoxy) is 2. The van der Waals surface area contributed by atoms with Gasteiger partial charge < -0.3 is 9.47 Å². The summed E-state index contributed by atoms with van der Waals surface area (Å²) in [4.78, 5) is 0. The van der Waals surface area contributed by atoms with Crippen molar-refractivity contribution in [2.24, 2.45) is 5.92 Å². The molecule has 0 spiro atoms. The average molecular weight is 338 g/mol. The number of methoxy groups -OCH3 is 1. The Kier molecular flexibility index (Phi) is 7.70. The second-order valence-electron chi connectivity index (χ2n) is 6.62. The average Bonchev–Trinajstić information content (AvgIpc) is 2.57. The lowest BCUT2D eigenvalue weighted by Crippen LogP contribution is -2.14. The van der Waals surface area contributed by atoms with E-state index in [-0.39, 0.29) is 12.4 Å². The number of hydrogen-bond acceptors (Lipinski definition) is 2. The minimum Gasteiger partial charge on any atom is -0.434 e. The molecular formula is C20H28F2O2. The number of unbranched alkanes of at least 4 members (excludes halogenated alkanes) is 1. The highest BCUT2D eigenvalue weighted by atomic mass is 19.3. The number of benzene rings is 1. The van der Waals surface area contributed by atoms with Crippen LogP contribution >= 0.6 is 0 Å². The van der Waals surface area contributed by atoms with E-state index in [4.69, 9.17) is 9.47 Å². The number of allylic oxidation sites excluding steroid dienone is 1. The minimum atomic E-state index is -2.81. The fourth-order valence-corrected chi connectivity index (χ4v) is 3.64. The maximum absolute atomic E-state index is 12.6. The molecule has 134 valence electrons. The van der Waals surface area contributed by atoms with Crippen LogP contribution in [0.5, 0.6) is 5.75 Å². The van der Waals surface area contributed by atoms with E-state index >= 15 is 0 Å². The summed E-state index contributed by atoms with van der Waals surface area (Å²) < 4.78 is 35.0. The van der Waals surface area contributed by atoms with Crippen molar-refractivity contribution in [2.45, 2.75) is 64.1 Å². The summed E-state index contributed by atoms with van der Waals surface area (Å²) in [5.74, 6) is 1.49. The van der Waals surface area contributed by atoms with Crippen LogP contribution in [0.15, 0.2) is 30.9 Å². The summed E-state index contributed by atoms with van der Waals surface area (Å²) in [5, 5.41) is 0. The van der Waals surface area contributed by atoms with E-state index in [0.29, 0.717) is 11.5 Å².